The van der Waals surface area contributed by atoms with Crippen LogP contribution in [0.25, 0.3) is 0 Å². The van der Waals surface area contributed by atoms with E-state index in [0.717, 1.165) is 52.6 Å². The number of rotatable bonds is 11. The minimum absolute atomic E-state index is 0.0912. The maximum Gasteiger partial charge on any atom is 0.261 e. The molecule has 49 heavy (non-hydrogen) atoms. The molecule has 1 N–H and O–H groups in total. The van der Waals surface area contributed by atoms with Gasteiger partial charge in [-0.2, -0.15) is 0 Å². The zero-order valence-corrected chi connectivity index (χ0v) is 30.4. The van der Waals surface area contributed by atoms with E-state index in [2.05, 4.69) is 99.6 Å². The summed E-state index contributed by atoms with van der Waals surface area (Å²) in [4.78, 5) is 0. The van der Waals surface area contributed by atoms with E-state index in [0.29, 0.717) is 23.9 Å². The van der Waals surface area contributed by atoms with Crippen LogP contribution < -0.4 is 24.6 Å². The fourth-order valence-electron chi connectivity index (χ4n) is 8.98. The molecular formula is C43H46O5Si. The maximum atomic E-state index is 13.2. The Kier molecular flexibility index (Phi) is 8.46. The highest BCUT2D eigenvalue weighted by molar-refractivity contribution is 6.99. The molecule has 0 amide bonds. The van der Waals surface area contributed by atoms with Crippen molar-refractivity contribution in [3.05, 3.63) is 149 Å². The van der Waals surface area contributed by atoms with E-state index in [1.54, 1.807) is 21.3 Å². The lowest BCUT2D eigenvalue weighted by Crippen LogP contribution is -2.66. The molecule has 2 bridgehead atoms. The van der Waals surface area contributed by atoms with Gasteiger partial charge in [0.2, 0.25) is 0 Å². The third-order valence-corrected chi connectivity index (χ3v) is 15.9. The van der Waals surface area contributed by atoms with Crippen molar-refractivity contribution < 1.29 is 23.7 Å². The zero-order valence-electron chi connectivity index (χ0n) is 29.4. The molecule has 0 spiro atoms. The molecule has 0 atom stereocenters. The van der Waals surface area contributed by atoms with Crippen LogP contribution >= 0.6 is 0 Å². The summed E-state index contributed by atoms with van der Waals surface area (Å²) in [6.07, 6.45) is 2.56. The number of benzene rings is 5. The van der Waals surface area contributed by atoms with Gasteiger partial charge in [0, 0.05) is 28.7 Å². The van der Waals surface area contributed by atoms with Crippen molar-refractivity contribution in [2.45, 2.75) is 56.1 Å². The van der Waals surface area contributed by atoms with E-state index < -0.39 is 19.3 Å². The number of hydrogen-bond donors (Lipinski definition) is 1. The Morgan fingerprint density at radius 3 is 1.33 bits per heavy atom. The van der Waals surface area contributed by atoms with Crippen LogP contribution in [0.1, 0.15) is 73.4 Å². The predicted octanol–water partition coefficient (Wildman–Crippen LogP) is 7.70. The molecule has 6 heteroatoms. The first-order valence-electron chi connectivity index (χ1n) is 17.2. The molecular weight excluding hydrogens is 625 g/mol. The van der Waals surface area contributed by atoms with Gasteiger partial charge in [-0.25, -0.2) is 0 Å². The van der Waals surface area contributed by atoms with Gasteiger partial charge in [0.05, 0.1) is 21.3 Å². The Morgan fingerprint density at radius 1 is 0.551 bits per heavy atom. The summed E-state index contributed by atoms with van der Waals surface area (Å²) in [5, 5.41) is 15.6. The lowest BCUT2D eigenvalue weighted by Gasteiger charge is -2.55. The van der Waals surface area contributed by atoms with Crippen LogP contribution in [0, 0.1) is 0 Å². The molecule has 0 unspecified atom stereocenters. The average molecular weight is 671 g/mol. The Labute approximate surface area is 291 Å². The molecule has 5 nitrogen and oxygen atoms in total. The molecule has 0 fully saturated rings. The minimum Gasteiger partial charge on any atom is -0.496 e. The average Bonchev–Trinajstić information content (AvgIpc) is 3.13. The molecule has 252 valence electrons. The first-order valence-corrected chi connectivity index (χ1v) is 19.1. The van der Waals surface area contributed by atoms with Crippen molar-refractivity contribution >= 4 is 18.7 Å². The molecule has 0 saturated heterocycles. The summed E-state index contributed by atoms with van der Waals surface area (Å²) < 4.78 is 25.3. The maximum absolute atomic E-state index is 13.2. The van der Waals surface area contributed by atoms with Gasteiger partial charge in [0.25, 0.3) is 8.32 Å². The highest BCUT2D eigenvalue weighted by Gasteiger charge is 2.61. The van der Waals surface area contributed by atoms with Crippen molar-refractivity contribution in [1.29, 1.82) is 0 Å². The number of aliphatic hydroxyl groups is 1. The molecule has 0 aromatic heterocycles. The summed E-state index contributed by atoms with van der Waals surface area (Å²) in [7, 11) is 2.35. The fourth-order valence-corrected chi connectivity index (χ4v) is 13.6. The Balaban J connectivity index is 1.32. The van der Waals surface area contributed by atoms with Crippen molar-refractivity contribution in [3.63, 3.8) is 0 Å². The Bertz CT molecular complexity index is 1790. The van der Waals surface area contributed by atoms with Gasteiger partial charge in [-0.05, 0) is 69.6 Å². The van der Waals surface area contributed by atoms with Gasteiger partial charge in [-0.1, -0.05) is 118 Å². The van der Waals surface area contributed by atoms with Crippen LogP contribution in [0.3, 0.4) is 0 Å². The van der Waals surface area contributed by atoms with E-state index in [1.807, 2.05) is 36.4 Å². The van der Waals surface area contributed by atoms with Gasteiger partial charge < -0.3 is 23.7 Å². The third-order valence-electron chi connectivity index (χ3n) is 10.9. The summed E-state index contributed by atoms with van der Waals surface area (Å²) in [6.45, 7) is 7.60. The largest absolute Gasteiger partial charge is 0.496 e. The summed E-state index contributed by atoms with van der Waals surface area (Å²) in [5.74, 6) is 1.94. The second-order valence-corrected chi connectivity index (χ2v) is 18.5. The number of hydrogen-bond acceptors (Lipinski definition) is 5. The third kappa shape index (κ3) is 4.72. The van der Waals surface area contributed by atoms with E-state index in [4.69, 9.17) is 18.6 Å². The fraction of sp³-hybridized carbons (Fsp3) is 0.302. The first kappa shape index (κ1) is 33.1. The Hall–Kier alpha value is -4.36. The standard InChI is InChI=1S/C43H46O5Si/c1-41(2,3)49(30-18-9-7-10-19-30,31-20-11-8-12-21-31)48-29-14-13-28-42-32-22-15-25-35(45-4)38(32)43(44,39-33(42)23-16-26-36(39)46-5)40-34(42)24-17-27-37(40)47-6/h7-12,15-27,44H,13-14,28-29H2,1-6H3. The normalized spacial score (nSPS) is 19.1. The molecule has 5 aromatic rings. The van der Waals surface area contributed by atoms with Crippen LogP contribution in [0.4, 0.5) is 0 Å². The van der Waals surface area contributed by atoms with Crippen molar-refractivity contribution in [2.24, 2.45) is 0 Å². The molecule has 8 rings (SSSR count). The smallest absolute Gasteiger partial charge is 0.261 e. The lowest BCUT2D eigenvalue weighted by atomic mass is 9.49. The predicted molar refractivity (Wildman–Crippen MR) is 198 cm³/mol. The van der Waals surface area contributed by atoms with E-state index >= 15 is 0 Å². The van der Waals surface area contributed by atoms with Crippen LogP contribution in [0.5, 0.6) is 17.2 Å². The highest BCUT2D eigenvalue weighted by atomic mass is 28.4. The summed E-state index contributed by atoms with van der Waals surface area (Å²) in [5.41, 5.74) is 3.36. The van der Waals surface area contributed by atoms with E-state index in [9.17, 15) is 5.11 Å². The summed E-state index contributed by atoms with van der Waals surface area (Å²) in [6, 6.07) is 40.1. The summed E-state index contributed by atoms with van der Waals surface area (Å²) >= 11 is 0. The number of ether oxygens (including phenoxy) is 3. The SMILES string of the molecule is COc1cccc2c1C1(O)c3c(OC)cccc3C2(CCCCO[Si](c2ccccc2)(c2ccccc2)C(C)(C)C)c2cccc(OC)c21. The van der Waals surface area contributed by atoms with Crippen molar-refractivity contribution in [3.8, 4) is 17.2 Å². The van der Waals surface area contributed by atoms with E-state index in [-0.39, 0.29) is 5.04 Å². The molecule has 0 aliphatic heterocycles. The molecule has 3 aliphatic carbocycles. The van der Waals surface area contributed by atoms with Gasteiger partial charge in [0.1, 0.15) is 17.2 Å². The van der Waals surface area contributed by atoms with Crippen molar-refractivity contribution in [2.75, 3.05) is 27.9 Å². The molecule has 0 saturated carbocycles. The Morgan fingerprint density at radius 2 is 0.959 bits per heavy atom. The first-order chi connectivity index (χ1) is 23.7. The van der Waals surface area contributed by atoms with Crippen LogP contribution in [-0.2, 0) is 15.4 Å². The van der Waals surface area contributed by atoms with Crippen LogP contribution in [0.2, 0.25) is 5.04 Å². The van der Waals surface area contributed by atoms with Gasteiger partial charge in [-0.15, -0.1) is 0 Å². The van der Waals surface area contributed by atoms with Crippen LogP contribution in [-0.4, -0.2) is 41.4 Å². The van der Waals surface area contributed by atoms with Gasteiger partial charge >= 0.3 is 0 Å². The monoisotopic (exact) mass is 670 g/mol. The molecule has 0 radical (unpaired) electrons. The minimum atomic E-state index is -2.66. The number of unbranched alkanes of at least 4 members (excludes halogenated alkanes) is 1. The second kappa shape index (κ2) is 12.5. The molecule has 3 aliphatic rings. The highest BCUT2D eigenvalue weighted by Crippen LogP contribution is 2.67. The van der Waals surface area contributed by atoms with Crippen molar-refractivity contribution in [1.82, 2.24) is 0 Å². The quantitative estimate of drug-likeness (QED) is 0.115. The molecule has 0 heterocycles. The van der Waals surface area contributed by atoms with Gasteiger partial charge in [-0.3, -0.25) is 0 Å². The lowest BCUT2D eigenvalue weighted by molar-refractivity contribution is 0.0946. The van der Waals surface area contributed by atoms with Crippen LogP contribution in [0.15, 0.2) is 115 Å². The number of methoxy groups -OCH3 is 3. The second-order valence-electron chi connectivity index (χ2n) is 14.2. The molecule has 5 aromatic carbocycles. The van der Waals surface area contributed by atoms with E-state index in [1.165, 1.54) is 10.4 Å². The topological polar surface area (TPSA) is 57.2 Å². The van der Waals surface area contributed by atoms with Gasteiger partial charge in [0.15, 0.2) is 5.60 Å². The zero-order chi connectivity index (χ0) is 34.4.